The Balaban J connectivity index is 1.34. The van der Waals surface area contributed by atoms with Crippen LogP contribution in [0.2, 0.25) is 10.0 Å². The van der Waals surface area contributed by atoms with Crippen molar-refractivity contribution in [1.29, 1.82) is 0 Å². The predicted molar refractivity (Wildman–Crippen MR) is 130 cm³/mol. The molecule has 0 aliphatic rings. The Morgan fingerprint density at radius 2 is 1.55 bits per heavy atom. The molecule has 0 saturated carbocycles. The molecule has 6 nitrogen and oxygen atoms in total. The van der Waals surface area contributed by atoms with Crippen LogP contribution in [0.25, 0.3) is 0 Å². The summed E-state index contributed by atoms with van der Waals surface area (Å²) in [5.74, 6) is 1.52. The van der Waals surface area contributed by atoms with Crippen molar-refractivity contribution >= 4 is 34.9 Å². The Labute approximate surface area is 201 Å². The number of aromatic nitrogens is 2. The molecule has 3 aromatic carbocycles. The van der Waals surface area contributed by atoms with Gasteiger partial charge in [0.05, 0.1) is 13.7 Å². The lowest BCUT2D eigenvalue weighted by molar-refractivity contribution is 0.102. The molecule has 0 atom stereocenters. The van der Waals surface area contributed by atoms with Gasteiger partial charge >= 0.3 is 0 Å². The highest BCUT2D eigenvalue weighted by molar-refractivity contribution is 6.33. The summed E-state index contributed by atoms with van der Waals surface area (Å²) in [6, 6.07) is 22.0. The number of rotatable bonds is 8. The van der Waals surface area contributed by atoms with E-state index in [2.05, 4.69) is 10.4 Å². The van der Waals surface area contributed by atoms with Crippen molar-refractivity contribution in [2.24, 2.45) is 0 Å². The molecule has 4 rings (SSSR count). The number of carbonyl (C=O) groups excluding carboxylic acids is 1. The second kappa shape index (κ2) is 10.4. The molecule has 8 heteroatoms. The average Bonchev–Trinajstić information content (AvgIpc) is 3.18. The van der Waals surface area contributed by atoms with E-state index in [9.17, 15) is 4.79 Å². The molecule has 1 heterocycles. The fraction of sp³-hybridized carbons (Fsp3) is 0.120. The first kappa shape index (κ1) is 22.7. The second-order valence-electron chi connectivity index (χ2n) is 7.26. The fourth-order valence-electron chi connectivity index (χ4n) is 3.11. The number of halogens is 2. The minimum absolute atomic E-state index is 0.295. The summed E-state index contributed by atoms with van der Waals surface area (Å²) in [5.41, 5.74) is 2.45. The van der Waals surface area contributed by atoms with Gasteiger partial charge in [0.1, 0.15) is 23.1 Å². The number of carbonyl (C=O) groups is 1. The highest BCUT2D eigenvalue weighted by atomic mass is 35.5. The SMILES string of the molecule is COc1ccc(OCc2ccc(C(=O)Nc3nn(Cc4ccc(Cl)cc4)cc3Cl)cc2)cc1. The van der Waals surface area contributed by atoms with E-state index in [0.29, 0.717) is 34.6 Å². The summed E-state index contributed by atoms with van der Waals surface area (Å²) in [5, 5.41) is 8.17. The van der Waals surface area contributed by atoms with Crippen LogP contribution in [-0.2, 0) is 13.2 Å². The number of ether oxygens (including phenoxy) is 2. The lowest BCUT2D eigenvalue weighted by Gasteiger charge is -2.08. The maximum atomic E-state index is 12.6. The summed E-state index contributed by atoms with van der Waals surface area (Å²) >= 11 is 12.2. The largest absolute Gasteiger partial charge is 0.497 e. The number of nitrogens with zero attached hydrogens (tertiary/aromatic N) is 2. The van der Waals surface area contributed by atoms with Gasteiger partial charge in [0.2, 0.25) is 0 Å². The van der Waals surface area contributed by atoms with E-state index < -0.39 is 0 Å². The topological polar surface area (TPSA) is 65.4 Å². The third-order valence-electron chi connectivity index (χ3n) is 4.89. The normalized spacial score (nSPS) is 10.6. The van der Waals surface area contributed by atoms with Gasteiger partial charge in [-0.2, -0.15) is 5.10 Å². The summed E-state index contributed by atoms with van der Waals surface area (Å²) < 4.78 is 12.6. The quantitative estimate of drug-likeness (QED) is 0.331. The van der Waals surface area contributed by atoms with Gasteiger partial charge in [-0.25, -0.2) is 0 Å². The van der Waals surface area contributed by atoms with Gasteiger partial charge in [-0.1, -0.05) is 47.5 Å². The fourth-order valence-corrected chi connectivity index (χ4v) is 3.43. The molecular weight excluding hydrogens is 461 g/mol. The van der Waals surface area contributed by atoms with Crippen molar-refractivity contribution in [2.75, 3.05) is 12.4 Å². The molecule has 0 unspecified atom stereocenters. The molecule has 0 aliphatic heterocycles. The van der Waals surface area contributed by atoms with Gasteiger partial charge in [-0.05, 0) is 59.7 Å². The molecule has 1 aromatic heterocycles. The highest BCUT2D eigenvalue weighted by Crippen LogP contribution is 2.22. The Bertz CT molecular complexity index is 1220. The standard InChI is InChI=1S/C25H21Cl2N3O3/c1-32-21-10-12-22(13-11-21)33-16-18-2-6-19(7-3-18)25(31)28-24-23(27)15-30(29-24)14-17-4-8-20(26)9-5-17/h2-13,15H,14,16H2,1H3,(H,28,29,31). The molecular formula is C25H21Cl2N3O3. The number of benzene rings is 3. The van der Waals surface area contributed by atoms with Crippen molar-refractivity contribution < 1.29 is 14.3 Å². The first-order chi connectivity index (χ1) is 16.0. The van der Waals surface area contributed by atoms with Crippen molar-refractivity contribution in [3.05, 3.63) is 106 Å². The smallest absolute Gasteiger partial charge is 0.256 e. The van der Waals surface area contributed by atoms with Gasteiger partial charge < -0.3 is 14.8 Å². The molecule has 0 radical (unpaired) electrons. The van der Waals surface area contributed by atoms with Crippen LogP contribution in [0, 0.1) is 0 Å². The van der Waals surface area contributed by atoms with Crippen molar-refractivity contribution in [2.45, 2.75) is 13.2 Å². The van der Waals surface area contributed by atoms with Crippen molar-refractivity contribution in [1.82, 2.24) is 9.78 Å². The molecule has 33 heavy (non-hydrogen) atoms. The Kier molecular flexibility index (Phi) is 7.17. The highest BCUT2D eigenvalue weighted by Gasteiger charge is 2.13. The first-order valence-corrected chi connectivity index (χ1v) is 10.9. The van der Waals surface area contributed by atoms with Gasteiger partial charge in [-0.15, -0.1) is 0 Å². The minimum atomic E-state index is -0.295. The Morgan fingerprint density at radius 1 is 0.909 bits per heavy atom. The van der Waals surface area contributed by atoms with E-state index in [1.807, 2.05) is 60.7 Å². The van der Waals surface area contributed by atoms with Crippen molar-refractivity contribution in [3.63, 3.8) is 0 Å². The monoisotopic (exact) mass is 481 g/mol. The lowest BCUT2D eigenvalue weighted by atomic mass is 10.1. The molecule has 168 valence electrons. The van der Waals surface area contributed by atoms with Crippen LogP contribution in [0.15, 0.2) is 79.0 Å². The third-order valence-corrected chi connectivity index (χ3v) is 5.42. The van der Waals surface area contributed by atoms with Crippen LogP contribution >= 0.6 is 23.2 Å². The van der Waals surface area contributed by atoms with Crippen LogP contribution in [0.5, 0.6) is 11.5 Å². The predicted octanol–water partition coefficient (Wildman–Crippen LogP) is 6.08. The van der Waals surface area contributed by atoms with E-state index in [1.54, 1.807) is 30.1 Å². The van der Waals surface area contributed by atoms with Gasteiger partial charge in [-0.3, -0.25) is 9.48 Å². The summed E-state index contributed by atoms with van der Waals surface area (Å²) in [7, 11) is 1.62. The van der Waals surface area contributed by atoms with Crippen LogP contribution in [0.4, 0.5) is 5.82 Å². The molecule has 0 saturated heterocycles. The molecule has 0 fully saturated rings. The molecule has 0 bridgehead atoms. The number of hydrogen-bond donors (Lipinski definition) is 1. The van der Waals surface area contributed by atoms with Gasteiger partial charge in [0.25, 0.3) is 5.91 Å². The van der Waals surface area contributed by atoms with E-state index in [1.165, 1.54) is 0 Å². The third kappa shape index (κ3) is 6.06. The zero-order chi connectivity index (χ0) is 23.2. The summed E-state index contributed by atoms with van der Waals surface area (Å²) in [6.07, 6.45) is 1.67. The molecule has 0 spiro atoms. The zero-order valence-corrected chi connectivity index (χ0v) is 19.3. The average molecular weight is 482 g/mol. The summed E-state index contributed by atoms with van der Waals surface area (Å²) in [6.45, 7) is 0.894. The van der Waals surface area contributed by atoms with Gasteiger partial charge in [0.15, 0.2) is 5.82 Å². The summed E-state index contributed by atoms with van der Waals surface area (Å²) in [4.78, 5) is 12.6. The minimum Gasteiger partial charge on any atom is -0.497 e. The van der Waals surface area contributed by atoms with Crippen LogP contribution in [0.3, 0.4) is 0 Å². The number of anilines is 1. The number of methoxy groups -OCH3 is 1. The maximum Gasteiger partial charge on any atom is 0.256 e. The number of nitrogens with one attached hydrogen (secondary N) is 1. The second-order valence-corrected chi connectivity index (χ2v) is 8.11. The van der Waals surface area contributed by atoms with E-state index >= 15 is 0 Å². The Morgan fingerprint density at radius 3 is 2.21 bits per heavy atom. The van der Waals surface area contributed by atoms with E-state index in [4.69, 9.17) is 32.7 Å². The van der Waals surface area contributed by atoms with E-state index in [0.717, 1.165) is 22.6 Å². The Hall–Kier alpha value is -3.48. The van der Waals surface area contributed by atoms with Crippen LogP contribution in [-0.4, -0.2) is 22.8 Å². The molecule has 1 amide bonds. The van der Waals surface area contributed by atoms with Gasteiger partial charge in [0, 0.05) is 16.8 Å². The zero-order valence-electron chi connectivity index (χ0n) is 17.8. The van der Waals surface area contributed by atoms with Crippen LogP contribution < -0.4 is 14.8 Å². The number of hydrogen-bond acceptors (Lipinski definition) is 4. The molecule has 0 aliphatic carbocycles. The number of amides is 1. The lowest BCUT2D eigenvalue weighted by Crippen LogP contribution is -2.13. The van der Waals surface area contributed by atoms with E-state index in [-0.39, 0.29) is 5.91 Å². The molecule has 4 aromatic rings. The maximum absolute atomic E-state index is 12.6. The first-order valence-electron chi connectivity index (χ1n) is 10.1. The molecule has 1 N–H and O–H groups in total. The van der Waals surface area contributed by atoms with Crippen LogP contribution in [0.1, 0.15) is 21.5 Å². The van der Waals surface area contributed by atoms with Crippen molar-refractivity contribution in [3.8, 4) is 11.5 Å².